The maximum absolute atomic E-state index is 12.3. The fourth-order valence-corrected chi connectivity index (χ4v) is 2.58. The highest BCUT2D eigenvalue weighted by Gasteiger charge is 2.27. The Morgan fingerprint density at radius 3 is 2.63 bits per heavy atom. The standard InChI is InChI=1S/C12H15Cl2N3O2/c1-7(18)8-2-4-17(5-3-8)12(19)9-6-10(13)15-16-11(9)14/h6-8,18H,2-5H2,1H3. The highest BCUT2D eigenvalue weighted by atomic mass is 35.5. The number of piperidine rings is 1. The van der Waals surface area contributed by atoms with Gasteiger partial charge in [-0.1, -0.05) is 23.2 Å². The van der Waals surface area contributed by atoms with Gasteiger partial charge in [-0.15, -0.1) is 10.2 Å². The summed E-state index contributed by atoms with van der Waals surface area (Å²) >= 11 is 11.6. The third-order valence-electron chi connectivity index (χ3n) is 3.46. The summed E-state index contributed by atoms with van der Waals surface area (Å²) < 4.78 is 0. The minimum absolute atomic E-state index is 0.0621. The lowest BCUT2D eigenvalue weighted by atomic mass is 9.92. The Hall–Kier alpha value is -0.910. The van der Waals surface area contributed by atoms with Crippen molar-refractivity contribution in [1.29, 1.82) is 0 Å². The molecule has 0 saturated carbocycles. The molecular weight excluding hydrogens is 289 g/mol. The molecule has 7 heteroatoms. The van der Waals surface area contributed by atoms with Gasteiger partial charge in [-0.25, -0.2) is 0 Å². The Morgan fingerprint density at radius 2 is 2.05 bits per heavy atom. The fourth-order valence-electron chi connectivity index (χ4n) is 2.26. The summed E-state index contributed by atoms with van der Waals surface area (Å²) in [5.74, 6) is 0.0597. The molecule has 5 nitrogen and oxygen atoms in total. The van der Waals surface area contributed by atoms with Gasteiger partial charge in [0.15, 0.2) is 10.3 Å². The molecule has 1 unspecified atom stereocenters. The molecule has 1 aliphatic heterocycles. The molecule has 1 aromatic rings. The number of aliphatic hydroxyl groups is 1. The zero-order valence-corrected chi connectivity index (χ0v) is 12.0. The summed E-state index contributed by atoms with van der Waals surface area (Å²) in [6.07, 6.45) is 1.23. The number of carbonyl (C=O) groups is 1. The Morgan fingerprint density at radius 1 is 1.42 bits per heavy atom. The number of aliphatic hydroxyl groups excluding tert-OH is 1. The quantitative estimate of drug-likeness (QED) is 0.907. The van der Waals surface area contributed by atoms with Crippen LogP contribution in [0.4, 0.5) is 0 Å². The molecule has 0 aromatic carbocycles. The summed E-state index contributed by atoms with van der Waals surface area (Å²) in [4.78, 5) is 14.0. The lowest BCUT2D eigenvalue weighted by Gasteiger charge is -2.33. The van der Waals surface area contributed by atoms with E-state index in [1.54, 1.807) is 11.8 Å². The average molecular weight is 304 g/mol. The molecule has 104 valence electrons. The second-order valence-corrected chi connectivity index (χ2v) is 5.49. The Balaban J connectivity index is 2.07. The molecule has 0 aliphatic carbocycles. The molecule has 19 heavy (non-hydrogen) atoms. The van der Waals surface area contributed by atoms with Gasteiger partial charge in [0.1, 0.15) is 0 Å². The lowest BCUT2D eigenvalue weighted by Crippen LogP contribution is -2.40. The van der Waals surface area contributed by atoms with E-state index in [-0.39, 0.29) is 33.8 Å². The van der Waals surface area contributed by atoms with Crippen molar-refractivity contribution in [1.82, 2.24) is 15.1 Å². The molecule has 1 N–H and O–H groups in total. The lowest BCUT2D eigenvalue weighted by molar-refractivity contribution is 0.0521. The Bertz CT molecular complexity index is 474. The van der Waals surface area contributed by atoms with E-state index in [0.717, 1.165) is 12.8 Å². The smallest absolute Gasteiger partial charge is 0.257 e. The van der Waals surface area contributed by atoms with Crippen LogP contribution in [0.25, 0.3) is 0 Å². The summed E-state index contributed by atoms with van der Waals surface area (Å²) in [7, 11) is 0. The van der Waals surface area contributed by atoms with Crippen LogP contribution < -0.4 is 0 Å². The predicted molar refractivity (Wildman–Crippen MR) is 72.4 cm³/mol. The van der Waals surface area contributed by atoms with E-state index >= 15 is 0 Å². The zero-order valence-electron chi connectivity index (χ0n) is 10.5. The summed E-state index contributed by atoms with van der Waals surface area (Å²) in [6, 6.07) is 1.43. The molecule has 1 amide bonds. The van der Waals surface area contributed by atoms with Gasteiger partial charge in [-0.2, -0.15) is 0 Å². The first kappa shape index (κ1) is 14.5. The molecule has 0 spiro atoms. The van der Waals surface area contributed by atoms with Crippen molar-refractivity contribution in [2.75, 3.05) is 13.1 Å². The van der Waals surface area contributed by atoms with E-state index in [9.17, 15) is 9.90 Å². The van der Waals surface area contributed by atoms with E-state index in [2.05, 4.69) is 10.2 Å². The van der Waals surface area contributed by atoms with Crippen molar-refractivity contribution in [2.45, 2.75) is 25.9 Å². The van der Waals surface area contributed by atoms with Gasteiger partial charge in [0.2, 0.25) is 0 Å². The molecule has 0 radical (unpaired) electrons. The summed E-state index contributed by atoms with van der Waals surface area (Å²) in [5, 5.41) is 17.0. The van der Waals surface area contributed by atoms with E-state index in [1.165, 1.54) is 6.07 Å². The van der Waals surface area contributed by atoms with Crippen LogP contribution in [0.1, 0.15) is 30.1 Å². The largest absolute Gasteiger partial charge is 0.393 e. The number of nitrogens with zero attached hydrogens (tertiary/aromatic N) is 3. The number of hydrogen-bond acceptors (Lipinski definition) is 4. The van der Waals surface area contributed by atoms with E-state index < -0.39 is 0 Å². The van der Waals surface area contributed by atoms with E-state index in [1.807, 2.05) is 0 Å². The number of amides is 1. The molecular formula is C12H15Cl2N3O2. The van der Waals surface area contributed by atoms with Gasteiger partial charge in [-0.3, -0.25) is 4.79 Å². The number of hydrogen-bond donors (Lipinski definition) is 1. The van der Waals surface area contributed by atoms with Crippen molar-refractivity contribution in [2.24, 2.45) is 5.92 Å². The van der Waals surface area contributed by atoms with Gasteiger partial charge >= 0.3 is 0 Å². The maximum atomic E-state index is 12.3. The monoisotopic (exact) mass is 303 g/mol. The first-order valence-corrected chi connectivity index (χ1v) is 6.90. The third kappa shape index (κ3) is 3.35. The molecule has 1 aromatic heterocycles. The minimum atomic E-state index is -0.335. The first-order chi connectivity index (χ1) is 8.99. The van der Waals surface area contributed by atoms with Crippen LogP contribution in [0.3, 0.4) is 0 Å². The van der Waals surface area contributed by atoms with Gasteiger partial charge in [0, 0.05) is 13.1 Å². The van der Waals surface area contributed by atoms with Crippen LogP contribution in [0, 0.1) is 5.92 Å². The molecule has 1 saturated heterocycles. The summed E-state index contributed by atoms with van der Waals surface area (Å²) in [5.41, 5.74) is 0.275. The Kier molecular flexibility index (Phi) is 4.60. The number of halogens is 2. The molecule has 2 rings (SSSR count). The van der Waals surface area contributed by atoms with Crippen molar-refractivity contribution in [3.63, 3.8) is 0 Å². The van der Waals surface area contributed by atoms with Gasteiger partial charge in [-0.05, 0) is 31.7 Å². The van der Waals surface area contributed by atoms with Crippen molar-refractivity contribution in [3.8, 4) is 0 Å². The fraction of sp³-hybridized carbons (Fsp3) is 0.583. The van der Waals surface area contributed by atoms with Gasteiger partial charge in [0.25, 0.3) is 5.91 Å². The molecule has 2 heterocycles. The van der Waals surface area contributed by atoms with Gasteiger partial charge in [0.05, 0.1) is 11.7 Å². The van der Waals surface area contributed by atoms with Crippen LogP contribution in [0.5, 0.6) is 0 Å². The number of carbonyl (C=O) groups excluding carboxylic acids is 1. The van der Waals surface area contributed by atoms with Crippen LogP contribution in [-0.2, 0) is 0 Å². The predicted octanol–water partition coefficient (Wildman–Crippen LogP) is 2.02. The average Bonchev–Trinajstić information content (AvgIpc) is 2.41. The van der Waals surface area contributed by atoms with Crippen molar-refractivity contribution < 1.29 is 9.90 Å². The molecule has 1 atom stereocenters. The maximum Gasteiger partial charge on any atom is 0.257 e. The van der Waals surface area contributed by atoms with Gasteiger partial charge < -0.3 is 10.0 Å². The normalized spacial score (nSPS) is 18.4. The van der Waals surface area contributed by atoms with Crippen LogP contribution in [0.15, 0.2) is 6.07 Å². The van der Waals surface area contributed by atoms with Crippen LogP contribution in [0.2, 0.25) is 10.3 Å². The van der Waals surface area contributed by atoms with Crippen molar-refractivity contribution >= 4 is 29.1 Å². The highest BCUT2D eigenvalue weighted by molar-refractivity contribution is 6.34. The first-order valence-electron chi connectivity index (χ1n) is 6.15. The topological polar surface area (TPSA) is 66.3 Å². The number of rotatable bonds is 2. The number of likely N-dealkylation sites (tertiary alicyclic amines) is 1. The Labute approximate surface area is 121 Å². The SMILES string of the molecule is CC(O)C1CCN(C(=O)c2cc(Cl)nnc2Cl)CC1. The molecule has 1 aliphatic rings. The molecule has 1 fully saturated rings. The van der Waals surface area contributed by atoms with Crippen LogP contribution >= 0.6 is 23.2 Å². The third-order valence-corrected chi connectivity index (χ3v) is 3.92. The second kappa shape index (κ2) is 6.03. The minimum Gasteiger partial charge on any atom is -0.393 e. The second-order valence-electron chi connectivity index (χ2n) is 4.74. The molecule has 0 bridgehead atoms. The van der Waals surface area contributed by atoms with E-state index in [0.29, 0.717) is 13.1 Å². The van der Waals surface area contributed by atoms with Crippen LogP contribution in [-0.4, -0.2) is 45.3 Å². The van der Waals surface area contributed by atoms with Crippen molar-refractivity contribution in [3.05, 3.63) is 21.9 Å². The number of aromatic nitrogens is 2. The zero-order chi connectivity index (χ0) is 14.0. The summed E-state index contributed by atoms with van der Waals surface area (Å²) in [6.45, 7) is 2.99. The highest BCUT2D eigenvalue weighted by Crippen LogP contribution is 2.24. The van der Waals surface area contributed by atoms with E-state index in [4.69, 9.17) is 23.2 Å².